The lowest BCUT2D eigenvalue weighted by molar-refractivity contribution is 0.117. The van der Waals surface area contributed by atoms with Crippen LogP contribution in [-0.2, 0) is 4.74 Å². The van der Waals surface area contributed by atoms with Crippen LogP contribution in [0.4, 0.5) is 4.79 Å². The Morgan fingerprint density at radius 2 is 2.00 bits per heavy atom. The highest BCUT2D eigenvalue weighted by Gasteiger charge is 2.30. The zero-order valence-electron chi connectivity index (χ0n) is 5.73. The Morgan fingerprint density at radius 1 is 1.60 bits per heavy atom. The van der Waals surface area contributed by atoms with Crippen molar-refractivity contribution in [2.75, 3.05) is 0 Å². The van der Waals surface area contributed by atoms with Gasteiger partial charge in [0.15, 0.2) is 0 Å². The SMILES string of the molecule is CC(C)C(Br)(Br)OC(N)=O. The Kier molecular flexibility index (Phi) is 3.65. The summed E-state index contributed by atoms with van der Waals surface area (Å²) in [4.78, 5) is 10.3. The number of hydrogen-bond donors (Lipinski definition) is 1. The van der Waals surface area contributed by atoms with Gasteiger partial charge in [0.05, 0.1) is 0 Å². The normalized spacial score (nSPS) is 11.7. The van der Waals surface area contributed by atoms with Crippen molar-refractivity contribution in [1.29, 1.82) is 0 Å². The molecule has 0 saturated heterocycles. The first-order chi connectivity index (χ1) is 4.36. The molecule has 2 N–H and O–H groups in total. The standard InChI is InChI=1S/C5H9Br2NO2/c1-3(2)5(6,7)10-4(8)9/h3H,1-2H3,(H2,8,9). The van der Waals surface area contributed by atoms with Crippen LogP contribution in [0.3, 0.4) is 0 Å². The van der Waals surface area contributed by atoms with Crippen molar-refractivity contribution < 1.29 is 9.53 Å². The van der Waals surface area contributed by atoms with Crippen LogP contribution in [0.15, 0.2) is 0 Å². The molecule has 0 aromatic heterocycles. The van der Waals surface area contributed by atoms with E-state index in [0.717, 1.165) is 0 Å². The summed E-state index contributed by atoms with van der Waals surface area (Å²) in [5.41, 5.74) is 4.80. The molecule has 60 valence electrons. The summed E-state index contributed by atoms with van der Waals surface area (Å²) in [6.45, 7) is 3.76. The van der Waals surface area contributed by atoms with Crippen LogP contribution in [0, 0.1) is 5.92 Å². The molecule has 10 heavy (non-hydrogen) atoms. The first-order valence-corrected chi connectivity index (χ1v) is 4.31. The second-order valence-electron chi connectivity index (χ2n) is 2.14. The van der Waals surface area contributed by atoms with Crippen LogP contribution in [-0.4, -0.2) is 9.51 Å². The van der Waals surface area contributed by atoms with Gasteiger partial charge in [0, 0.05) is 5.92 Å². The van der Waals surface area contributed by atoms with Gasteiger partial charge in [-0.2, -0.15) is 0 Å². The van der Waals surface area contributed by atoms with Gasteiger partial charge in [-0.25, -0.2) is 4.79 Å². The van der Waals surface area contributed by atoms with Crippen LogP contribution >= 0.6 is 31.9 Å². The Bertz CT molecular complexity index is 136. The highest BCUT2D eigenvalue weighted by molar-refractivity contribution is 9.25. The number of carbonyl (C=O) groups excluding carboxylic acids is 1. The molecule has 0 bridgehead atoms. The molecule has 0 radical (unpaired) electrons. The molecule has 0 aliphatic carbocycles. The smallest absolute Gasteiger partial charge is 0.406 e. The van der Waals surface area contributed by atoms with Gasteiger partial charge in [0.25, 0.3) is 0 Å². The fourth-order valence-electron chi connectivity index (χ4n) is 0.252. The highest BCUT2D eigenvalue weighted by Crippen LogP contribution is 2.35. The van der Waals surface area contributed by atoms with Crippen molar-refractivity contribution in [1.82, 2.24) is 0 Å². The van der Waals surface area contributed by atoms with E-state index in [9.17, 15) is 4.79 Å². The van der Waals surface area contributed by atoms with E-state index in [0.29, 0.717) is 0 Å². The van der Waals surface area contributed by atoms with Crippen molar-refractivity contribution in [3.05, 3.63) is 0 Å². The number of ether oxygens (including phenoxy) is 1. The first kappa shape index (κ1) is 10.2. The minimum Gasteiger partial charge on any atom is -0.421 e. The third kappa shape index (κ3) is 3.41. The molecule has 0 fully saturated rings. The van der Waals surface area contributed by atoms with E-state index in [1.165, 1.54) is 0 Å². The second kappa shape index (κ2) is 3.57. The quantitative estimate of drug-likeness (QED) is 0.785. The zero-order valence-corrected chi connectivity index (χ0v) is 8.90. The second-order valence-corrected chi connectivity index (χ2v) is 5.56. The van der Waals surface area contributed by atoms with E-state index in [2.05, 4.69) is 36.6 Å². The molecule has 5 heteroatoms. The molecular weight excluding hydrogens is 266 g/mol. The lowest BCUT2D eigenvalue weighted by Crippen LogP contribution is -2.30. The van der Waals surface area contributed by atoms with Crippen LogP contribution in [0.1, 0.15) is 13.8 Å². The molecule has 1 amide bonds. The van der Waals surface area contributed by atoms with Crippen molar-refractivity contribution >= 4 is 38.0 Å². The van der Waals surface area contributed by atoms with Crippen molar-refractivity contribution in [3.63, 3.8) is 0 Å². The van der Waals surface area contributed by atoms with Gasteiger partial charge in [0.1, 0.15) is 0 Å². The monoisotopic (exact) mass is 273 g/mol. The van der Waals surface area contributed by atoms with E-state index in [1.807, 2.05) is 13.8 Å². The fourth-order valence-corrected chi connectivity index (χ4v) is 0.571. The van der Waals surface area contributed by atoms with E-state index in [1.54, 1.807) is 0 Å². The number of primary amides is 1. The summed E-state index contributed by atoms with van der Waals surface area (Å²) in [6.07, 6.45) is -0.803. The summed E-state index contributed by atoms with van der Waals surface area (Å²) in [5.74, 6) is 0.111. The number of halogens is 2. The molecule has 3 nitrogen and oxygen atoms in total. The van der Waals surface area contributed by atoms with E-state index in [-0.39, 0.29) is 5.92 Å². The number of alkyl halides is 2. The van der Waals surface area contributed by atoms with Crippen LogP contribution in [0.5, 0.6) is 0 Å². The van der Waals surface area contributed by atoms with Crippen molar-refractivity contribution in [2.24, 2.45) is 11.7 Å². The van der Waals surface area contributed by atoms with Gasteiger partial charge < -0.3 is 10.5 Å². The molecule has 0 aliphatic rings. The predicted octanol–water partition coefficient (Wildman–Crippen LogP) is 2.18. The Hall–Kier alpha value is 0.230. The summed E-state index contributed by atoms with van der Waals surface area (Å²) in [7, 11) is 0. The van der Waals surface area contributed by atoms with Gasteiger partial charge in [-0.15, -0.1) is 0 Å². The van der Waals surface area contributed by atoms with Gasteiger partial charge >= 0.3 is 6.09 Å². The number of carbonyl (C=O) groups is 1. The number of amides is 1. The van der Waals surface area contributed by atoms with Crippen LogP contribution in [0.2, 0.25) is 0 Å². The Labute approximate surface area is 76.5 Å². The topological polar surface area (TPSA) is 52.3 Å². The Balaban J connectivity index is 3.99. The predicted molar refractivity (Wildman–Crippen MR) is 46.1 cm³/mol. The number of nitrogens with two attached hydrogens (primary N) is 1. The number of hydrogen-bond acceptors (Lipinski definition) is 2. The average Bonchev–Trinajstić information content (AvgIpc) is 1.60. The highest BCUT2D eigenvalue weighted by atomic mass is 79.9. The third-order valence-corrected chi connectivity index (χ3v) is 3.06. The molecule has 0 unspecified atom stereocenters. The number of rotatable bonds is 2. The minimum absolute atomic E-state index is 0.111. The zero-order chi connectivity index (χ0) is 8.36. The summed E-state index contributed by atoms with van der Waals surface area (Å²) in [6, 6.07) is 0. The summed E-state index contributed by atoms with van der Waals surface area (Å²) < 4.78 is 3.84. The molecular formula is C5H9Br2NO2. The summed E-state index contributed by atoms with van der Waals surface area (Å²) >= 11 is 6.28. The maximum absolute atomic E-state index is 10.3. The molecule has 0 spiro atoms. The largest absolute Gasteiger partial charge is 0.421 e. The lowest BCUT2D eigenvalue weighted by Gasteiger charge is -2.23. The summed E-state index contributed by atoms with van der Waals surface area (Å²) in [5, 5.41) is 0. The van der Waals surface area contributed by atoms with Crippen LogP contribution in [0.25, 0.3) is 0 Å². The molecule has 0 aromatic carbocycles. The molecule has 0 aromatic rings. The van der Waals surface area contributed by atoms with Crippen molar-refractivity contribution in [2.45, 2.75) is 17.3 Å². The maximum Gasteiger partial charge on any atom is 0.406 e. The van der Waals surface area contributed by atoms with E-state index < -0.39 is 9.51 Å². The lowest BCUT2D eigenvalue weighted by atomic mass is 10.2. The van der Waals surface area contributed by atoms with Gasteiger partial charge in [0.2, 0.25) is 3.42 Å². The van der Waals surface area contributed by atoms with Gasteiger partial charge in [-0.05, 0) is 31.9 Å². The van der Waals surface area contributed by atoms with E-state index in [4.69, 9.17) is 5.73 Å². The fraction of sp³-hybridized carbons (Fsp3) is 0.800. The van der Waals surface area contributed by atoms with E-state index >= 15 is 0 Å². The van der Waals surface area contributed by atoms with Gasteiger partial charge in [-0.1, -0.05) is 13.8 Å². The average molecular weight is 275 g/mol. The molecule has 0 heterocycles. The molecule has 0 atom stereocenters. The van der Waals surface area contributed by atoms with Crippen LogP contribution < -0.4 is 5.73 Å². The van der Waals surface area contributed by atoms with Crippen molar-refractivity contribution in [3.8, 4) is 0 Å². The Morgan fingerprint density at radius 3 is 2.10 bits per heavy atom. The maximum atomic E-state index is 10.3. The third-order valence-electron chi connectivity index (χ3n) is 0.909. The first-order valence-electron chi connectivity index (χ1n) is 2.72. The molecule has 0 saturated carbocycles. The van der Waals surface area contributed by atoms with Gasteiger partial charge in [-0.3, -0.25) is 0 Å². The molecule has 0 aliphatic heterocycles. The minimum atomic E-state index is -0.828. The molecule has 0 rings (SSSR count).